The highest BCUT2D eigenvalue weighted by molar-refractivity contribution is 6.06. The molecule has 24 heavy (non-hydrogen) atoms. The third kappa shape index (κ3) is 3.46. The van der Waals surface area contributed by atoms with E-state index in [0.29, 0.717) is 5.69 Å². The highest BCUT2D eigenvalue weighted by Crippen LogP contribution is 2.17. The molecule has 5 heteroatoms. The van der Waals surface area contributed by atoms with E-state index in [-0.39, 0.29) is 5.91 Å². The lowest BCUT2D eigenvalue weighted by Crippen LogP contribution is -2.18. The number of fused-ring (bicyclic) bond motifs is 1. The molecule has 0 fully saturated rings. The smallest absolute Gasteiger partial charge is 0.272 e. The molecule has 0 saturated heterocycles. The van der Waals surface area contributed by atoms with Crippen molar-refractivity contribution in [2.45, 2.75) is 6.92 Å². The van der Waals surface area contributed by atoms with E-state index < -0.39 is 0 Å². The van der Waals surface area contributed by atoms with Crippen LogP contribution in [0.2, 0.25) is 0 Å². The second kappa shape index (κ2) is 6.58. The first-order chi connectivity index (χ1) is 11.5. The van der Waals surface area contributed by atoms with Gasteiger partial charge in [0.1, 0.15) is 11.4 Å². The van der Waals surface area contributed by atoms with Gasteiger partial charge in [-0.05, 0) is 36.4 Å². The van der Waals surface area contributed by atoms with Gasteiger partial charge in [0.15, 0.2) is 0 Å². The van der Waals surface area contributed by atoms with Gasteiger partial charge in [-0.25, -0.2) is 5.32 Å². The number of H-pyrrole nitrogens is 1. The van der Waals surface area contributed by atoms with Gasteiger partial charge in [-0.1, -0.05) is 18.2 Å². The largest absolute Gasteiger partial charge is 0.351 e. The Bertz CT molecular complexity index is 870. The number of aromatic nitrogens is 1. The fourth-order valence-corrected chi connectivity index (χ4v) is 2.35. The molecule has 3 rings (SSSR count). The Balaban J connectivity index is 1.71. The summed E-state index contributed by atoms with van der Waals surface area (Å²) in [7, 11) is 3.97. The average Bonchev–Trinajstić information content (AvgIpc) is 3.00. The van der Waals surface area contributed by atoms with E-state index in [2.05, 4.69) is 15.6 Å². The molecule has 0 atom stereocenters. The van der Waals surface area contributed by atoms with Gasteiger partial charge in [-0.2, -0.15) is 0 Å². The molecule has 0 spiro atoms. The van der Waals surface area contributed by atoms with Gasteiger partial charge >= 0.3 is 0 Å². The fourth-order valence-electron chi connectivity index (χ4n) is 2.35. The molecular weight excluding hydrogens is 300 g/mol. The third-order valence-electron chi connectivity index (χ3n) is 3.91. The lowest BCUT2D eigenvalue weighted by atomic mass is 10.2. The minimum absolute atomic E-state index is 0.150. The van der Waals surface area contributed by atoms with Crippen molar-refractivity contribution in [2.24, 2.45) is 0 Å². The predicted octanol–water partition coefficient (Wildman–Crippen LogP) is 3.52. The van der Waals surface area contributed by atoms with Crippen LogP contribution in [0.4, 0.5) is 11.4 Å². The van der Waals surface area contributed by atoms with Crippen LogP contribution in [0.1, 0.15) is 17.4 Å². The first-order valence-electron chi connectivity index (χ1n) is 7.80. The lowest BCUT2D eigenvalue weighted by molar-refractivity contribution is -0.464. The van der Waals surface area contributed by atoms with E-state index >= 15 is 0 Å². The number of hydrogen-bond acceptors (Lipinski definition) is 1. The molecule has 0 aliphatic rings. The molecule has 3 aromatic rings. The molecule has 0 bridgehead atoms. The van der Waals surface area contributed by atoms with Crippen molar-refractivity contribution in [3.63, 3.8) is 0 Å². The van der Waals surface area contributed by atoms with Gasteiger partial charge in [-0.3, -0.25) is 9.37 Å². The summed E-state index contributed by atoms with van der Waals surface area (Å²) < 4.78 is 2.01. The SMILES string of the molecule is CC(Nc1ccc(NC(=O)c2cc3ccccc3[nH]2)cc1)=[N+](C)C. The van der Waals surface area contributed by atoms with Crippen molar-refractivity contribution in [3.05, 3.63) is 60.3 Å². The van der Waals surface area contributed by atoms with Crippen molar-refractivity contribution < 1.29 is 9.37 Å². The van der Waals surface area contributed by atoms with Crippen molar-refractivity contribution in [3.8, 4) is 0 Å². The van der Waals surface area contributed by atoms with Gasteiger partial charge in [0, 0.05) is 23.5 Å². The van der Waals surface area contributed by atoms with E-state index in [1.165, 1.54) is 0 Å². The molecule has 0 saturated carbocycles. The van der Waals surface area contributed by atoms with Gasteiger partial charge in [0.2, 0.25) is 5.84 Å². The molecule has 0 radical (unpaired) electrons. The van der Waals surface area contributed by atoms with E-state index in [9.17, 15) is 4.79 Å². The molecule has 5 nitrogen and oxygen atoms in total. The summed E-state index contributed by atoms with van der Waals surface area (Å²) in [5.74, 6) is 0.896. The van der Waals surface area contributed by atoms with Crippen LogP contribution >= 0.6 is 0 Å². The topological polar surface area (TPSA) is 59.9 Å². The van der Waals surface area contributed by atoms with Gasteiger partial charge in [0.25, 0.3) is 5.91 Å². The zero-order valence-corrected chi connectivity index (χ0v) is 14.1. The number of para-hydroxylation sites is 1. The standard InChI is InChI=1S/C19H20N4O/c1-13(23(2)3)20-15-8-10-16(11-9-15)21-19(24)18-12-14-6-4-5-7-17(14)22-18/h4-12H,1-3H3,(H2,21,22,24)/p+1. The Labute approximate surface area is 141 Å². The van der Waals surface area contributed by atoms with Crippen molar-refractivity contribution in [1.82, 2.24) is 4.98 Å². The van der Waals surface area contributed by atoms with E-state index in [1.807, 2.05) is 80.2 Å². The molecule has 2 aromatic carbocycles. The number of rotatable bonds is 3. The minimum Gasteiger partial charge on any atom is -0.351 e. The third-order valence-corrected chi connectivity index (χ3v) is 3.91. The maximum absolute atomic E-state index is 12.4. The Kier molecular flexibility index (Phi) is 4.33. The molecule has 0 aliphatic heterocycles. The van der Waals surface area contributed by atoms with Gasteiger partial charge in [0.05, 0.1) is 14.1 Å². The van der Waals surface area contributed by atoms with Crippen molar-refractivity contribution >= 4 is 34.0 Å². The van der Waals surface area contributed by atoms with Gasteiger partial charge in [-0.15, -0.1) is 0 Å². The number of nitrogens with zero attached hydrogens (tertiary/aromatic N) is 1. The number of amidine groups is 1. The number of aromatic amines is 1. The molecular formula is C19H21N4O+. The molecule has 1 aromatic heterocycles. The lowest BCUT2D eigenvalue weighted by Gasteiger charge is -2.05. The van der Waals surface area contributed by atoms with E-state index in [4.69, 9.17) is 0 Å². The first kappa shape index (κ1) is 15.8. The molecule has 0 unspecified atom stereocenters. The summed E-state index contributed by atoms with van der Waals surface area (Å²) in [4.78, 5) is 15.5. The van der Waals surface area contributed by atoms with E-state index in [1.54, 1.807) is 0 Å². The van der Waals surface area contributed by atoms with Crippen LogP contribution in [0, 0.1) is 0 Å². The molecule has 3 N–H and O–H groups in total. The Morgan fingerprint density at radius 2 is 1.58 bits per heavy atom. The zero-order valence-electron chi connectivity index (χ0n) is 14.1. The molecule has 1 amide bonds. The first-order valence-corrected chi connectivity index (χ1v) is 7.80. The number of carbonyl (C=O) groups excluding carboxylic acids is 1. The number of anilines is 2. The minimum atomic E-state index is -0.150. The maximum Gasteiger partial charge on any atom is 0.272 e. The average molecular weight is 321 g/mol. The summed E-state index contributed by atoms with van der Waals surface area (Å²) in [5.41, 5.74) is 3.24. The molecule has 1 heterocycles. The number of carbonyl (C=O) groups is 1. The summed E-state index contributed by atoms with van der Waals surface area (Å²) in [5, 5.41) is 7.23. The summed E-state index contributed by atoms with van der Waals surface area (Å²) >= 11 is 0. The van der Waals surface area contributed by atoms with Crippen LogP contribution in [-0.4, -0.2) is 35.4 Å². The summed E-state index contributed by atoms with van der Waals surface area (Å²) in [6, 6.07) is 17.3. The highest BCUT2D eigenvalue weighted by atomic mass is 16.1. The number of benzene rings is 2. The summed E-state index contributed by atoms with van der Waals surface area (Å²) in [6.07, 6.45) is 0. The Hall–Kier alpha value is -3.08. The van der Waals surface area contributed by atoms with Crippen molar-refractivity contribution in [1.29, 1.82) is 0 Å². The quantitative estimate of drug-likeness (QED) is 0.393. The number of amides is 1. The second-order valence-corrected chi connectivity index (χ2v) is 5.91. The Morgan fingerprint density at radius 1 is 0.958 bits per heavy atom. The Morgan fingerprint density at radius 3 is 2.21 bits per heavy atom. The maximum atomic E-state index is 12.4. The van der Waals surface area contributed by atoms with Crippen LogP contribution in [-0.2, 0) is 0 Å². The normalized spacial score (nSPS) is 10.5. The predicted molar refractivity (Wildman–Crippen MR) is 99.1 cm³/mol. The van der Waals surface area contributed by atoms with Crippen LogP contribution in [0.3, 0.4) is 0 Å². The van der Waals surface area contributed by atoms with E-state index in [0.717, 1.165) is 28.1 Å². The second-order valence-electron chi connectivity index (χ2n) is 5.91. The van der Waals surface area contributed by atoms with Crippen LogP contribution < -0.4 is 10.6 Å². The van der Waals surface area contributed by atoms with Crippen LogP contribution in [0.15, 0.2) is 54.6 Å². The number of hydrogen-bond donors (Lipinski definition) is 3. The molecule has 0 aliphatic carbocycles. The highest BCUT2D eigenvalue weighted by Gasteiger charge is 2.10. The number of nitrogens with one attached hydrogen (secondary N) is 3. The fraction of sp³-hybridized carbons (Fsp3) is 0.158. The van der Waals surface area contributed by atoms with Gasteiger partial charge < -0.3 is 10.3 Å². The van der Waals surface area contributed by atoms with Crippen LogP contribution in [0.5, 0.6) is 0 Å². The van der Waals surface area contributed by atoms with Crippen LogP contribution in [0.25, 0.3) is 10.9 Å². The zero-order chi connectivity index (χ0) is 17.1. The monoisotopic (exact) mass is 321 g/mol. The molecule has 122 valence electrons. The van der Waals surface area contributed by atoms with Crippen molar-refractivity contribution in [2.75, 3.05) is 24.7 Å². The summed E-state index contributed by atoms with van der Waals surface area (Å²) in [6.45, 7) is 2.01.